The van der Waals surface area contributed by atoms with Crippen molar-refractivity contribution < 1.29 is 0 Å². The third kappa shape index (κ3) is 2.17. The second-order valence-electron chi connectivity index (χ2n) is 3.53. The number of rotatable bonds is 4. The van der Waals surface area contributed by atoms with E-state index in [1.165, 1.54) is 0 Å². The first-order chi connectivity index (χ1) is 5.71. The molecule has 0 saturated carbocycles. The quantitative estimate of drug-likeness (QED) is 0.382. The van der Waals surface area contributed by atoms with Gasteiger partial charge in [0.25, 0.3) is 0 Å². The van der Waals surface area contributed by atoms with Crippen LogP contribution >= 0.6 is 24.4 Å². The van der Waals surface area contributed by atoms with Crippen molar-refractivity contribution in [2.45, 2.75) is 4.97 Å². The van der Waals surface area contributed by atoms with Gasteiger partial charge in [0.1, 0.15) is 0 Å². The Morgan fingerprint density at radius 1 is 0.846 bits per heavy atom. The summed E-state index contributed by atoms with van der Waals surface area (Å²) in [5.41, 5.74) is 0. The Morgan fingerprint density at radius 3 is 1.08 bits per heavy atom. The number of halogens is 1. The van der Waals surface area contributed by atoms with Gasteiger partial charge in [0, 0.05) is 0 Å². The van der Waals surface area contributed by atoms with Crippen molar-refractivity contribution in [3.8, 4) is 0 Å². The van der Waals surface area contributed by atoms with Crippen LogP contribution in [-0.2, 0) is 0 Å². The summed E-state index contributed by atoms with van der Waals surface area (Å²) in [5.74, 6) is 0. The second-order valence-corrected chi connectivity index (χ2v) is 28.2. The van der Waals surface area contributed by atoms with E-state index in [0.29, 0.717) is 0 Å². The third-order valence-corrected chi connectivity index (χ3v) is 36.5. The van der Waals surface area contributed by atoms with Crippen LogP contribution in [0.5, 0.6) is 0 Å². The van der Waals surface area contributed by atoms with Gasteiger partial charge in [-0.1, -0.05) is 0 Å². The minimum atomic E-state index is -1.88. The molecule has 82 valence electrons. The summed E-state index contributed by atoms with van der Waals surface area (Å²) in [5, 5.41) is 0. The Morgan fingerprint density at radius 2 is 1.08 bits per heavy atom. The van der Waals surface area contributed by atoms with Crippen molar-refractivity contribution in [3.05, 3.63) is 0 Å². The summed E-state index contributed by atoms with van der Waals surface area (Å²) >= 11 is 2.67. The van der Waals surface area contributed by atoms with Crippen molar-refractivity contribution in [1.29, 1.82) is 0 Å². The van der Waals surface area contributed by atoms with Crippen LogP contribution in [0.25, 0.3) is 0 Å². The van der Waals surface area contributed by atoms with E-state index in [0.717, 1.165) is 0 Å². The number of hydrogen-bond acceptors (Lipinski definition) is 3. The molecular weight excluding hydrogens is 412 g/mol. The molecule has 0 rings (SSSR count). The van der Waals surface area contributed by atoms with Crippen molar-refractivity contribution in [2.24, 2.45) is 0 Å². The number of nitrogens with zero attached hydrogens (tertiary/aromatic N) is 3. The zero-order valence-corrected chi connectivity index (χ0v) is 15.0. The molecule has 0 heterocycles. The molecule has 0 spiro atoms. The van der Waals surface area contributed by atoms with E-state index in [1.54, 1.807) is 0 Å². The van der Waals surface area contributed by atoms with Crippen LogP contribution in [0.4, 0.5) is 0 Å². The molecule has 0 unspecified atom stereocenters. The van der Waals surface area contributed by atoms with E-state index in [-0.39, 0.29) is 20.4 Å². The average Bonchev–Trinajstić information content (AvgIpc) is 2.01. The average molecular weight is 433 g/mol. The summed E-state index contributed by atoms with van der Waals surface area (Å²) in [7, 11) is 13.2. The molecule has 0 bridgehead atoms. The molecule has 0 aromatic heterocycles. The normalized spacial score (nSPS) is 16.7. The first-order valence-corrected chi connectivity index (χ1v) is 14.3. The molecule has 0 saturated heterocycles. The molecule has 0 N–H and O–H groups in total. The molecule has 13 heavy (non-hydrogen) atoms. The fourth-order valence-electron chi connectivity index (χ4n) is 1.56. The molecule has 0 atom stereocenters. The second kappa shape index (κ2) is 4.78. The molecular formula is C7H21IN3PTe. The van der Waals surface area contributed by atoms with Gasteiger partial charge in [-0.15, -0.1) is 0 Å². The summed E-state index contributed by atoms with van der Waals surface area (Å²) in [6.07, 6.45) is 0. The third-order valence-electron chi connectivity index (χ3n) is 2.33. The Balaban J connectivity index is 5.33. The molecule has 0 amide bonds. The predicted octanol–water partition coefficient (Wildman–Crippen LogP) is 1.99. The maximum absolute atomic E-state index is 2.71. The Kier molecular flexibility index (Phi) is 5.45. The summed E-state index contributed by atoms with van der Waals surface area (Å²) in [6.45, 7) is 0. The molecule has 6 heteroatoms. The standard InChI is InChI=1S/C7H21IN3PTe/c1-9(2)12(8,13-7,10(3)4)11(5)6/h1-7H3. The van der Waals surface area contributed by atoms with Gasteiger partial charge < -0.3 is 0 Å². The molecule has 0 aromatic carbocycles. The van der Waals surface area contributed by atoms with Crippen molar-refractivity contribution in [2.75, 3.05) is 42.3 Å². The molecule has 0 radical (unpaired) electrons. The van der Waals surface area contributed by atoms with E-state index in [9.17, 15) is 0 Å². The molecule has 3 nitrogen and oxygen atoms in total. The van der Waals surface area contributed by atoms with Crippen LogP contribution in [0.15, 0.2) is 0 Å². The van der Waals surface area contributed by atoms with Gasteiger partial charge in [0.15, 0.2) is 0 Å². The maximum atomic E-state index is 2.71. The summed E-state index contributed by atoms with van der Waals surface area (Å²) < 4.78 is 5.44. The van der Waals surface area contributed by atoms with Gasteiger partial charge in [-0.3, -0.25) is 0 Å². The SMILES string of the molecule is C[Te]P(I)(N(C)C)(N(C)C)N(C)C. The Hall–Kier alpha value is 1.83. The van der Waals surface area contributed by atoms with Gasteiger partial charge in [-0.25, -0.2) is 0 Å². The molecule has 0 aliphatic rings. The van der Waals surface area contributed by atoms with Gasteiger partial charge in [-0.2, -0.15) is 0 Å². The zero-order valence-electron chi connectivity index (χ0n) is 9.58. The van der Waals surface area contributed by atoms with E-state index in [4.69, 9.17) is 0 Å². The van der Waals surface area contributed by atoms with Gasteiger partial charge >= 0.3 is 106 Å². The fraction of sp³-hybridized carbons (Fsp3) is 1.00. The molecule has 0 aliphatic carbocycles. The first-order valence-electron chi connectivity index (χ1n) is 4.04. The summed E-state index contributed by atoms with van der Waals surface area (Å²) in [4.78, 5) is 2.40. The fourth-order valence-corrected chi connectivity index (χ4v) is 13.1. The minimum absolute atomic E-state index is 0.0403. The van der Waals surface area contributed by atoms with E-state index >= 15 is 0 Å². The molecule has 0 aromatic rings. The number of hydrogen-bond donors (Lipinski definition) is 0. The topological polar surface area (TPSA) is 9.72 Å². The van der Waals surface area contributed by atoms with Crippen molar-refractivity contribution in [3.63, 3.8) is 0 Å². The zero-order chi connectivity index (χ0) is 10.9. The van der Waals surface area contributed by atoms with Gasteiger partial charge in [0.2, 0.25) is 0 Å². The van der Waals surface area contributed by atoms with Crippen molar-refractivity contribution in [1.82, 2.24) is 14.0 Å². The Bertz CT molecular complexity index is 162. The van der Waals surface area contributed by atoms with E-state index < -0.39 is 2.39 Å². The first kappa shape index (κ1) is 14.8. The molecule has 0 fully saturated rings. The van der Waals surface area contributed by atoms with Crippen LogP contribution in [-0.4, -0.2) is 76.7 Å². The van der Waals surface area contributed by atoms with Crippen molar-refractivity contribution >= 4 is 44.8 Å². The van der Waals surface area contributed by atoms with Gasteiger partial charge in [-0.05, 0) is 0 Å². The Labute approximate surface area is 105 Å². The van der Waals surface area contributed by atoms with E-state index in [1.807, 2.05) is 0 Å². The van der Waals surface area contributed by atoms with Crippen LogP contribution < -0.4 is 0 Å². The van der Waals surface area contributed by atoms with E-state index in [2.05, 4.69) is 83.3 Å². The van der Waals surface area contributed by atoms with Crippen LogP contribution in [0.1, 0.15) is 0 Å². The van der Waals surface area contributed by atoms with Crippen LogP contribution in [0.3, 0.4) is 0 Å². The molecule has 0 aliphatic heterocycles. The van der Waals surface area contributed by atoms with Crippen LogP contribution in [0, 0.1) is 0 Å². The van der Waals surface area contributed by atoms with Crippen LogP contribution in [0.2, 0.25) is 4.97 Å². The van der Waals surface area contributed by atoms with Gasteiger partial charge in [0.05, 0.1) is 0 Å². The predicted molar refractivity (Wildman–Crippen MR) is 73.6 cm³/mol. The monoisotopic (exact) mass is 435 g/mol. The summed E-state index contributed by atoms with van der Waals surface area (Å²) in [6, 6.07) is 0.